The summed E-state index contributed by atoms with van der Waals surface area (Å²) in [4.78, 5) is 40.1. The average molecular weight is 499 g/mol. The molecule has 0 spiro atoms. The number of imide groups is 1. The first-order chi connectivity index (χ1) is 17.2. The maximum Gasteiger partial charge on any atom is 0.354 e. The van der Waals surface area contributed by atoms with Gasteiger partial charge in [0.05, 0.1) is 25.3 Å². The van der Waals surface area contributed by atoms with Crippen molar-refractivity contribution in [2.75, 3.05) is 26.3 Å². The zero-order valence-electron chi connectivity index (χ0n) is 19.4. The van der Waals surface area contributed by atoms with Crippen molar-refractivity contribution in [3.8, 4) is 5.75 Å². The second-order valence-corrected chi connectivity index (χ2v) is 9.06. The first kappa shape index (κ1) is 24.3. The van der Waals surface area contributed by atoms with Crippen molar-refractivity contribution in [3.05, 3.63) is 64.5 Å². The minimum Gasteiger partial charge on any atom is -0.435 e. The molecule has 3 N–H and O–H groups in total. The Balaban J connectivity index is 1.38. The molecule has 1 atom stereocenters. The highest BCUT2D eigenvalue weighted by atomic mass is 19.1. The Morgan fingerprint density at radius 2 is 1.86 bits per heavy atom. The molecule has 1 unspecified atom stereocenters. The summed E-state index contributed by atoms with van der Waals surface area (Å²) in [7, 11) is 0. The first-order valence-electron chi connectivity index (χ1n) is 11.7. The largest absolute Gasteiger partial charge is 0.435 e. The summed E-state index contributed by atoms with van der Waals surface area (Å²) in [5, 5.41) is 23.8. The molecule has 2 saturated heterocycles. The lowest BCUT2D eigenvalue weighted by molar-refractivity contribution is -0.305. The molecule has 2 fully saturated rings. The van der Waals surface area contributed by atoms with Crippen molar-refractivity contribution in [2.24, 2.45) is 0 Å². The minimum absolute atomic E-state index is 0.0290. The van der Waals surface area contributed by atoms with E-state index in [9.17, 15) is 24.6 Å². The highest BCUT2D eigenvalue weighted by Crippen LogP contribution is 2.36. The van der Waals surface area contributed by atoms with Gasteiger partial charge in [-0.2, -0.15) is 0 Å². The van der Waals surface area contributed by atoms with Gasteiger partial charge in [0.1, 0.15) is 17.6 Å². The number of morpholine rings is 1. The molecule has 190 valence electrons. The summed E-state index contributed by atoms with van der Waals surface area (Å²) >= 11 is 0. The second kappa shape index (κ2) is 9.58. The van der Waals surface area contributed by atoms with Crippen molar-refractivity contribution >= 4 is 17.7 Å². The Kier molecular flexibility index (Phi) is 6.47. The number of hydrogen-bond donors (Lipinski definition) is 3. The fourth-order valence-electron chi connectivity index (χ4n) is 4.81. The van der Waals surface area contributed by atoms with Crippen LogP contribution in [0.25, 0.3) is 0 Å². The van der Waals surface area contributed by atoms with E-state index < -0.39 is 41.1 Å². The number of carbonyl (C=O) groups excluding carboxylic acids is 3. The van der Waals surface area contributed by atoms with Crippen LogP contribution in [0, 0.1) is 5.82 Å². The van der Waals surface area contributed by atoms with Gasteiger partial charge >= 0.3 is 5.97 Å². The van der Waals surface area contributed by atoms with Crippen molar-refractivity contribution in [3.63, 3.8) is 0 Å². The van der Waals surface area contributed by atoms with Crippen LogP contribution in [0.1, 0.15) is 39.9 Å². The number of piperidine rings is 1. The van der Waals surface area contributed by atoms with Gasteiger partial charge in [0.15, 0.2) is 0 Å². The number of rotatable bonds is 6. The number of halogens is 1. The number of ether oxygens (including phenoxy) is 2. The molecule has 10 nitrogen and oxygen atoms in total. The summed E-state index contributed by atoms with van der Waals surface area (Å²) in [5.41, 5.74) is 0.388. The van der Waals surface area contributed by atoms with E-state index in [2.05, 4.69) is 5.32 Å². The number of nitrogens with one attached hydrogen (secondary N) is 1. The summed E-state index contributed by atoms with van der Waals surface area (Å²) in [6.07, 6.45) is 0.294. The Hall–Kier alpha value is -3.38. The molecule has 2 aromatic carbocycles. The number of benzene rings is 2. The fourth-order valence-corrected chi connectivity index (χ4v) is 4.81. The smallest absolute Gasteiger partial charge is 0.354 e. The lowest BCUT2D eigenvalue weighted by Crippen LogP contribution is -2.52. The van der Waals surface area contributed by atoms with Crippen LogP contribution in [0.5, 0.6) is 5.75 Å². The quantitative estimate of drug-likeness (QED) is 0.389. The molecule has 0 radical (unpaired) electrons. The molecule has 5 rings (SSSR count). The number of nitrogens with zero attached hydrogens (tertiary/aromatic N) is 2. The summed E-state index contributed by atoms with van der Waals surface area (Å²) in [5.74, 6) is -5.25. The predicted molar refractivity (Wildman–Crippen MR) is 122 cm³/mol. The fraction of sp³-hybridized carbons (Fsp3) is 0.400. The number of carbonyl (C=O) groups is 3. The van der Waals surface area contributed by atoms with E-state index in [1.165, 1.54) is 35.2 Å². The third kappa shape index (κ3) is 4.58. The van der Waals surface area contributed by atoms with Gasteiger partial charge in [0.25, 0.3) is 5.91 Å². The average Bonchev–Trinajstić information content (AvgIpc) is 3.18. The number of hydrogen-bond acceptors (Lipinski definition) is 8. The van der Waals surface area contributed by atoms with Crippen LogP contribution in [-0.2, 0) is 33.4 Å². The van der Waals surface area contributed by atoms with Crippen LogP contribution in [-0.4, -0.2) is 70.1 Å². The normalized spacial score (nSPS) is 20.9. The lowest BCUT2D eigenvalue weighted by Gasteiger charge is -2.29. The van der Waals surface area contributed by atoms with Gasteiger partial charge in [0, 0.05) is 42.7 Å². The molecule has 36 heavy (non-hydrogen) atoms. The highest BCUT2D eigenvalue weighted by Gasteiger charge is 2.42. The maximum atomic E-state index is 15.3. The van der Waals surface area contributed by atoms with Crippen LogP contribution in [0.3, 0.4) is 0 Å². The topological polar surface area (TPSA) is 129 Å². The molecule has 0 bridgehead atoms. The Labute approximate surface area is 206 Å². The van der Waals surface area contributed by atoms with Crippen molar-refractivity contribution in [2.45, 2.75) is 37.9 Å². The molecule has 3 amide bonds. The van der Waals surface area contributed by atoms with E-state index in [1.54, 1.807) is 6.07 Å². The zero-order chi connectivity index (χ0) is 25.4. The Morgan fingerprint density at radius 3 is 2.61 bits per heavy atom. The number of fused-ring (bicyclic) bond motifs is 1. The molecular weight excluding hydrogens is 473 g/mol. The van der Waals surface area contributed by atoms with Gasteiger partial charge in [-0.1, -0.05) is 18.2 Å². The van der Waals surface area contributed by atoms with E-state index in [0.717, 1.165) is 0 Å². The van der Waals surface area contributed by atoms with Gasteiger partial charge in [-0.05, 0) is 24.6 Å². The van der Waals surface area contributed by atoms with Gasteiger partial charge in [0.2, 0.25) is 11.8 Å². The molecule has 0 aromatic heterocycles. The monoisotopic (exact) mass is 499 g/mol. The van der Waals surface area contributed by atoms with Gasteiger partial charge in [-0.25, -0.2) is 4.39 Å². The summed E-state index contributed by atoms with van der Waals surface area (Å²) < 4.78 is 26.2. The van der Waals surface area contributed by atoms with Crippen LogP contribution in [0.2, 0.25) is 0 Å². The molecule has 3 aliphatic heterocycles. The van der Waals surface area contributed by atoms with E-state index in [4.69, 9.17) is 9.47 Å². The molecule has 3 aliphatic rings. The molecular formula is C25H26FN3O7. The molecule has 3 heterocycles. The van der Waals surface area contributed by atoms with E-state index >= 15 is 4.39 Å². The van der Waals surface area contributed by atoms with E-state index in [-0.39, 0.29) is 42.8 Å². The van der Waals surface area contributed by atoms with Gasteiger partial charge < -0.3 is 24.6 Å². The van der Waals surface area contributed by atoms with Gasteiger partial charge in [-0.15, -0.1) is 0 Å². The number of amides is 3. The van der Waals surface area contributed by atoms with Crippen molar-refractivity contribution < 1.29 is 38.5 Å². The number of aliphatic hydroxyl groups is 2. The van der Waals surface area contributed by atoms with Gasteiger partial charge in [-0.3, -0.25) is 24.6 Å². The van der Waals surface area contributed by atoms with Crippen molar-refractivity contribution in [1.29, 1.82) is 0 Å². The first-order valence-corrected chi connectivity index (χ1v) is 11.7. The van der Waals surface area contributed by atoms with Crippen molar-refractivity contribution in [1.82, 2.24) is 15.1 Å². The zero-order valence-corrected chi connectivity index (χ0v) is 19.4. The Morgan fingerprint density at radius 1 is 1.11 bits per heavy atom. The third-order valence-corrected chi connectivity index (χ3v) is 6.72. The molecule has 0 saturated carbocycles. The van der Waals surface area contributed by atoms with Crippen LogP contribution in [0.4, 0.5) is 4.39 Å². The SMILES string of the molecule is O=C1CCC(N2Cc3c(OC(O)(O)c4cccc(CN5CCOCC5)c4F)cccc3C2=O)C(=O)N1. The second-order valence-electron chi connectivity index (χ2n) is 9.06. The molecule has 2 aromatic rings. The maximum absolute atomic E-state index is 15.3. The third-order valence-electron chi connectivity index (χ3n) is 6.72. The van der Waals surface area contributed by atoms with E-state index in [0.29, 0.717) is 31.9 Å². The Bertz CT molecular complexity index is 1210. The molecule has 11 heteroatoms. The van der Waals surface area contributed by atoms with E-state index in [1.807, 2.05) is 4.90 Å². The predicted octanol–water partition coefficient (Wildman–Crippen LogP) is 0.593. The summed E-state index contributed by atoms with van der Waals surface area (Å²) in [6, 6.07) is 7.96. The summed E-state index contributed by atoms with van der Waals surface area (Å²) in [6.45, 7) is 2.60. The lowest BCUT2D eigenvalue weighted by atomic mass is 10.0. The van der Waals surface area contributed by atoms with Crippen LogP contribution in [0.15, 0.2) is 36.4 Å². The minimum atomic E-state index is -3.02. The standard InChI is InChI=1S/C25H26FN3O7/c26-22-15(13-28-9-11-35-12-10-28)3-1-5-18(22)25(33,34)36-20-6-2-4-16-17(20)14-29(24(16)32)19-7-8-21(30)27-23(19)31/h1-6,19,33-34H,7-14H2,(H,27,30,31). The van der Waals surface area contributed by atoms with Crippen LogP contribution < -0.4 is 10.1 Å². The van der Waals surface area contributed by atoms with Crippen LogP contribution >= 0.6 is 0 Å². The molecule has 0 aliphatic carbocycles. The highest BCUT2D eigenvalue weighted by molar-refractivity contribution is 6.05.